The summed E-state index contributed by atoms with van der Waals surface area (Å²) in [7, 11) is 2.15. The third kappa shape index (κ3) is 7.29. The van der Waals surface area contributed by atoms with Gasteiger partial charge in [-0.25, -0.2) is 9.97 Å². The molecule has 3 aromatic rings. The molecule has 1 aromatic heterocycles. The summed E-state index contributed by atoms with van der Waals surface area (Å²) in [5.41, 5.74) is 7.57. The number of ether oxygens (including phenoxy) is 1. The Labute approximate surface area is 241 Å². The number of nitrogens with one attached hydrogen (secondary N) is 2. The summed E-state index contributed by atoms with van der Waals surface area (Å²) in [6, 6.07) is 17.5. The van der Waals surface area contributed by atoms with Crippen molar-refractivity contribution in [2.75, 3.05) is 37.7 Å². The third-order valence-corrected chi connectivity index (χ3v) is 7.94. The van der Waals surface area contributed by atoms with Crippen LogP contribution in [0.2, 0.25) is 0 Å². The fraction of sp³-hybridized carbons (Fsp3) is 0.375. The van der Waals surface area contributed by atoms with Crippen LogP contribution < -0.4 is 15.8 Å². The number of anilines is 2. The first-order valence-corrected chi connectivity index (χ1v) is 14.4. The molecule has 2 heterocycles. The number of aromatic nitrogens is 2. The number of para-hydroxylation sites is 1. The van der Waals surface area contributed by atoms with Crippen molar-refractivity contribution in [2.45, 2.75) is 50.6 Å². The van der Waals surface area contributed by atoms with Crippen molar-refractivity contribution in [1.29, 1.82) is 5.41 Å². The van der Waals surface area contributed by atoms with Crippen molar-refractivity contribution in [1.82, 2.24) is 19.8 Å². The van der Waals surface area contributed by atoms with Gasteiger partial charge in [-0.15, -0.1) is 0 Å². The van der Waals surface area contributed by atoms with Crippen LogP contribution in [0.4, 0.5) is 11.6 Å². The normalized spacial score (nSPS) is 17.7. The maximum atomic E-state index is 12.9. The molecule has 4 N–H and O–H groups in total. The zero-order chi connectivity index (χ0) is 28.6. The Morgan fingerprint density at radius 1 is 1.07 bits per heavy atom. The summed E-state index contributed by atoms with van der Waals surface area (Å²) >= 11 is 0. The highest BCUT2D eigenvalue weighted by Gasteiger charge is 2.27. The maximum Gasteiger partial charge on any atom is 0.246 e. The van der Waals surface area contributed by atoms with E-state index in [2.05, 4.69) is 27.2 Å². The molecular weight excluding hydrogens is 514 g/mol. The van der Waals surface area contributed by atoms with Crippen LogP contribution >= 0.6 is 0 Å². The predicted molar refractivity (Wildman–Crippen MR) is 163 cm³/mol. The van der Waals surface area contributed by atoms with Crippen molar-refractivity contribution in [3.63, 3.8) is 0 Å². The molecule has 0 spiro atoms. The van der Waals surface area contributed by atoms with Crippen molar-refractivity contribution >= 4 is 23.3 Å². The van der Waals surface area contributed by atoms with Crippen LogP contribution in [0.25, 0.3) is 0 Å². The minimum atomic E-state index is -0.000221. The summed E-state index contributed by atoms with van der Waals surface area (Å²) in [5, 5.41) is 12.3. The molecule has 1 amide bonds. The number of carbonyl (C=O) groups is 1. The summed E-state index contributed by atoms with van der Waals surface area (Å²) in [6.45, 7) is 2.01. The van der Waals surface area contributed by atoms with Crippen molar-refractivity contribution in [3.05, 3.63) is 84.2 Å². The zero-order valence-corrected chi connectivity index (χ0v) is 23.6. The number of carbonyl (C=O) groups excluding carboxylic acids is 1. The topological polar surface area (TPSA) is 120 Å². The summed E-state index contributed by atoms with van der Waals surface area (Å²) < 4.78 is 5.88. The van der Waals surface area contributed by atoms with Gasteiger partial charge in [-0.3, -0.25) is 15.1 Å². The number of rotatable bonds is 10. The van der Waals surface area contributed by atoms with Gasteiger partial charge in [0.1, 0.15) is 29.5 Å². The molecule has 0 radical (unpaired) electrons. The molecule has 1 aliphatic heterocycles. The highest BCUT2D eigenvalue weighted by atomic mass is 16.5. The molecule has 2 aromatic carbocycles. The van der Waals surface area contributed by atoms with Gasteiger partial charge in [-0.2, -0.15) is 0 Å². The summed E-state index contributed by atoms with van der Waals surface area (Å²) in [6.07, 6.45) is 12.3. The second kappa shape index (κ2) is 13.4. The van der Waals surface area contributed by atoms with E-state index in [9.17, 15) is 4.79 Å². The minimum absolute atomic E-state index is 0.000221. The van der Waals surface area contributed by atoms with Crippen LogP contribution in [0.15, 0.2) is 73.1 Å². The van der Waals surface area contributed by atoms with E-state index in [4.69, 9.17) is 15.9 Å². The van der Waals surface area contributed by atoms with Gasteiger partial charge in [0, 0.05) is 43.4 Å². The summed E-state index contributed by atoms with van der Waals surface area (Å²) in [5.74, 6) is 2.17. The second-order valence-electron chi connectivity index (χ2n) is 10.8. The average Bonchev–Trinajstić information content (AvgIpc) is 3.47. The molecule has 5 rings (SSSR count). The number of amides is 1. The Kier molecular flexibility index (Phi) is 9.26. The number of hydrogen-bond acceptors (Lipinski definition) is 8. The van der Waals surface area contributed by atoms with E-state index >= 15 is 0 Å². The van der Waals surface area contributed by atoms with E-state index in [0.717, 1.165) is 18.7 Å². The molecule has 1 atom stereocenters. The monoisotopic (exact) mass is 553 g/mol. The lowest BCUT2D eigenvalue weighted by Crippen LogP contribution is -2.34. The van der Waals surface area contributed by atoms with E-state index in [1.165, 1.54) is 38.4 Å². The Bertz CT molecular complexity index is 1350. The number of benzene rings is 2. The van der Waals surface area contributed by atoms with E-state index in [1.54, 1.807) is 6.08 Å². The molecule has 1 aliphatic carbocycles. The van der Waals surface area contributed by atoms with Crippen molar-refractivity contribution in [2.24, 2.45) is 0 Å². The van der Waals surface area contributed by atoms with Crippen LogP contribution in [0.5, 0.6) is 11.5 Å². The Morgan fingerprint density at radius 3 is 2.56 bits per heavy atom. The minimum Gasteiger partial charge on any atom is -0.457 e. The molecular formula is C32H39N7O2. The predicted octanol–water partition coefficient (Wildman–Crippen LogP) is 5.10. The average molecular weight is 554 g/mol. The molecule has 1 unspecified atom stereocenters. The molecule has 9 heteroatoms. The Hall–Kier alpha value is -4.24. The molecule has 1 saturated heterocycles. The SMILES string of the molecule is CN(C/C=C/C(=O)N1CCC(Nc2ncnc(N)c2C(=N)c2ccc(Oc3ccccc3)cc2)C1)C1CCCCC1. The second-order valence-corrected chi connectivity index (χ2v) is 10.8. The van der Waals surface area contributed by atoms with Crippen LogP contribution in [-0.2, 0) is 4.79 Å². The quantitative estimate of drug-likeness (QED) is 0.236. The lowest BCUT2D eigenvalue weighted by Gasteiger charge is -2.30. The van der Waals surface area contributed by atoms with Crippen LogP contribution in [0, 0.1) is 5.41 Å². The molecule has 9 nitrogen and oxygen atoms in total. The van der Waals surface area contributed by atoms with E-state index < -0.39 is 0 Å². The number of nitrogens with two attached hydrogens (primary N) is 1. The van der Waals surface area contributed by atoms with Gasteiger partial charge in [-0.05, 0) is 62.7 Å². The highest BCUT2D eigenvalue weighted by Crippen LogP contribution is 2.27. The fourth-order valence-electron chi connectivity index (χ4n) is 5.58. The third-order valence-electron chi connectivity index (χ3n) is 7.94. The van der Waals surface area contributed by atoms with Crippen molar-refractivity contribution in [3.8, 4) is 11.5 Å². The fourth-order valence-corrected chi connectivity index (χ4v) is 5.58. The number of nitrogen functional groups attached to an aromatic ring is 1. The molecule has 1 saturated carbocycles. The molecule has 2 fully saturated rings. The van der Waals surface area contributed by atoms with Gasteiger partial charge < -0.3 is 20.7 Å². The number of likely N-dealkylation sites (N-methyl/N-ethyl adjacent to an activating group) is 1. The first-order chi connectivity index (χ1) is 20.0. The van der Waals surface area contributed by atoms with E-state index in [-0.39, 0.29) is 23.5 Å². The Balaban J connectivity index is 1.18. The maximum absolute atomic E-state index is 12.9. The summed E-state index contributed by atoms with van der Waals surface area (Å²) in [4.78, 5) is 25.6. The zero-order valence-electron chi connectivity index (χ0n) is 23.6. The number of nitrogens with zero attached hydrogens (tertiary/aromatic N) is 4. The van der Waals surface area contributed by atoms with Crippen LogP contribution in [0.3, 0.4) is 0 Å². The molecule has 214 valence electrons. The standard InChI is InChI=1S/C32H39N7O2/c1-38(25-9-4-2-5-10-25)19-8-13-28(40)39-20-18-24(21-39)37-32-29(31(34)35-22-36-32)30(33)23-14-16-27(17-15-23)41-26-11-6-3-7-12-26/h3,6-8,11-17,22,24-25,33H,2,4-5,9-10,18-21H2,1H3,(H3,34,35,36,37)/b13-8+,33-30?. The lowest BCUT2D eigenvalue weighted by atomic mass is 9.94. The van der Waals surface area contributed by atoms with Gasteiger partial charge in [0.25, 0.3) is 0 Å². The van der Waals surface area contributed by atoms with Crippen molar-refractivity contribution < 1.29 is 9.53 Å². The molecule has 2 aliphatic rings. The lowest BCUT2D eigenvalue weighted by molar-refractivity contribution is -0.125. The van der Waals surface area contributed by atoms with Gasteiger partial charge in [-0.1, -0.05) is 43.5 Å². The van der Waals surface area contributed by atoms with Gasteiger partial charge in [0.05, 0.1) is 11.3 Å². The molecule has 0 bridgehead atoms. The van der Waals surface area contributed by atoms with Crippen LogP contribution in [-0.4, -0.2) is 70.2 Å². The van der Waals surface area contributed by atoms with Crippen LogP contribution in [0.1, 0.15) is 49.7 Å². The van der Waals surface area contributed by atoms with E-state index in [0.29, 0.717) is 41.8 Å². The Morgan fingerprint density at radius 2 is 1.80 bits per heavy atom. The van der Waals surface area contributed by atoms with Gasteiger partial charge in [0.15, 0.2) is 0 Å². The number of likely N-dealkylation sites (tertiary alicyclic amines) is 1. The molecule has 41 heavy (non-hydrogen) atoms. The first-order valence-electron chi connectivity index (χ1n) is 14.4. The van der Waals surface area contributed by atoms with Gasteiger partial charge >= 0.3 is 0 Å². The number of hydrogen-bond donors (Lipinski definition) is 3. The largest absolute Gasteiger partial charge is 0.457 e. The highest BCUT2D eigenvalue weighted by molar-refractivity contribution is 6.16. The van der Waals surface area contributed by atoms with Gasteiger partial charge in [0.2, 0.25) is 5.91 Å². The smallest absolute Gasteiger partial charge is 0.246 e. The first kappa shape index (κ1) is 28.3. The van der Waals surface area contributed by atoms with E-state index in [1.807, 2.05) is 65.6 Å².